The van der Waals surface area contributed by atoms with Crippen LogP contribution in [0.25, 0.3) is 0 Å². The van der Waals surface area contributed by atoms with Crippen molar-refractivity contribution in [1.82, 2.24) is 5.32 Å². The number of rotatable bonds is 4. The van der Waals surface area contributed by atoms with Crippen molar-refractivity contribution in [2.45, 2.75) is 31.8 Å². The van der Waals surface area contributed by atoms with Crippen LogP contribution in [0.5, 0.6) is 0 Å². The number of amides is 2. The summed E-state index contributed by atoms with van der Waals surface area (Å²) in [5, 5.41) is 5.57. The predicted octanol–water partition coefficient (Wildman–Crippen LogP) is 1.29. The van der Waals surface area contributed by atoms with Crippen LogP contribution in [0.2, 0.25) is 0 Å². The molecule has 0 aliphatic heterocycles. The van der Waals surface area contributed by atoms with E-state index in [1.165, 1.54) is 0 Å². The maximum absolute atomic E-state index is 11.7. The Bertz CT molecular complexity index is 455. The number of nitrogens with two attached hydrogens (primary N) is 1. The second-order valence-corrected chi connectivity index (χ2v) is 4.60. The lowest BCUT2D eigenvalue weighted by Crippen LogP contribution is -2.32. The Hall–Kier alpha value is -1.59. The highest BCUT2D eigenvalue weighted by molar-refractivity contribution is 5.97. The van der Waals surface area contributed by atoms with Crippen LogP contribution < -0.4 is 16.4 Å². The molecule has 1 fully saturated rings. The van der Waals surface area contributed by atoms with Crippen molar-refractivity contribution in [2.75, 3.05) is 5.32 Å². The number of carbonyl (C=O) groups is 2. The van der Waals surface area contributed by atoms with Gasteiger partial charge in [0, 0.05) is 17.3 Å². The van der Waals surface area contributed by atoms with E-state index in [2.05, 4.69) is 10.6 Å². The first kappa shape index (κ1) is 15.5. The average molecular weight is 284 g/mol. The van der Waals surface area contributed by atoms with Gasteiger partial charge in [-0.15, -0.1) is 12.4 Å². The molecule has 1 saturated carbocycles. The van der Waals surface area contributed by atoms with Crippen molar-refractivity contribution in [3.05, 3.63) is 29.8 Å². The standard InChI is InChI=1S/C13H17N3O2.ClH/c1-8(14)12(17)15-10-4-2-9(3-5-10)13(18)16-11-6-7-11;/h2-5,8,11H,6-7,14H2,1H3,(H,15,17)(H,16,18);1H/t8-;/m0./s1. The van der Waals surface area contributed by atoms with E-state index in [1.807, 2.05) is 0 Å². The molecule has 6 heteroatoms. The Kier molecular flexibility index (Phi) is 5.32. The minimum absolute atomic E-state index is 0. The van der Waals surface area contributed by atoms with Crippen molar-refractivity contribution in [3.63, 3.8) is 0 Å². The molecule has 19 heavy (non-hydrogen) atoms. The van der Waals surface area contributed by atoms with E-state index in [-0.39, 0.29) is 24.2 Å². The molecule has 0 saturated heterocycles. The minimum Gasteiger partial charge on any atom is -0.349 e. The molecule has 2 amide bonds. The lowest BCUT2D eigenvalue weighted by Gasteiger charge is -2.08. The lowest BCUT2D eigenvalue weighted by atomic mass is 10.2. The summed E-state index contributed by atoms with van der Waals surface area (Å²) in [6, 6.07) is 6.56. The number of hydrogen-bond donors (Lipinski definition) is 3. The van der Waals surface area contributed by atoms with Gasteiger partial charge in [-0.25, -0.2) is 0 Å². The number of nitrogens with one attached hydrogen (secondary N) is 2. The van der Waals surface area contributed by atoms with E-state index in [9.17, 15) is 9.59 Å². The third-order valence-electron chi connectivity index (χ3n) is 2.74. The van der Waals surface area contributed by atoms with E-state index in [0.717, 1.165) is 12.8 Å². The fourth-order valence-corrected chi connectivity index (χ4v) is 1.46. The highest BCUT2D eigenvalue weighted by atomic mass is 35.5. The molecule has 0 heterocycles. The molecule has 2 rings (SSSR count). The van der Waals surface area contributed by atoms with Crippen molar-refractivity contribution >= 4 is 29.9 Å². The molecule has 1 aromatic rings. The minimum atomic E-state index is -0.553. The van der Waals surface area contributed by atoms with E-state index < -0.39 is 6.04 Å². The first-order valence-corrected chi connectivity index (χ1v) is 6.03. The Labute approximate surface area is 118 Å². The second-order valence-electron chi connectivity index (χ2n) is 4.60. The Morgan fingerprint density at radius 2 is 1.84 bits per heavy atom. The van der Waals surface area contributed by atoms with Crippen LogP contribution in [0, 0.1) is 0 Å². The largest absolute Gasteiger partial charge is 0.349 e. The first-order chi connectivity index (χ1) is 8.56. The van der Waals surface area contributed by atoms with Crippen molar-refractivity contribution in [3.8, 4) is 0 Å². The van der Waals surface area contributed by atoms with E-state index in [1.54, 1.807) is 31.2 Å². The second kappa shape index (κ2) is 6.54. The van der Waals surface area contributed by atoms with Crippen molar-refractivity contribution < 1.29 is 9.59 Å². The van der Waals surface area contributed by atoms with E-state index in [4.69, 9.17) is 5.73 Å². The quantitative estimate of drug-likeness (QED) is 0.778. The van der Waals surface area contributed by atoms with Gasteiger partial charge in [-0.05, 0) is 44.0 Å². The van der Waals surface area contributed by atoms with Crippen LogP contribution in [-0.4, -0.2) is 23.9 Å². The molecule has 1 atom stereocenters. The molecular weight excluding hydrogens is 266 g/mol. The Morgan fingerprint density at radius 3 is 2.32 bits per heavy atom. The number of carbonyl (C=O) groups excluding carboxylic acids is 2. The fourth-order valence-electron chi connectivity index (χ4n) is 1.46. The summed E-state index contributed by atoms with van der Waals surface area (Å²) in [5.74, 6) is -0.312. The van der Waals surface area contributed by atoms with Crippen LogP contribution in [0.1, 0.15) is 30.1 Å². The molecule has 0 bridgehead atoms. The molecular formula is C13H18ClN3O2. The Morgan fingerprint density at radius 1 is 1.26 bits per heavy atom. The summed E-state index contributed by atoms with van der Waals surface area (Å²) in [4.78, 5) is 23.1. The van der Waals surface area contributed by atoms with Gasteiger partial charge in [0.25, 0.3) is 5.91 Å². The molecule has 1 aliphatic rings. The summed E-state index contributed by atoms with van der Waals surface area (Å²) in [6.45, 7) is 1.62. The van der Waals surface area contributed by atoms with E-state index in [0.29, 0.717) is 17.3 Å². The van der Waals surface area contributed by atoms with Gasteiger partial charge in [0.15, 0.2) is 0 Å². The van der Waals surface area contributed by atoms with Crippen molar-refractivity contribution in [1.29, 1.82) is 0 Å². The van der Waals surface area contributed by atoms with Gasteiger partial charge in [0.05, 0.1) is 6.04 Å². The highest BCUT2D eigenvalue weighted by Gasteiger charge is 2.23. The SMILES string of the molecule is C[C@H](N)C(=O)Nc1ccc(C(=O)NC2CC2)cc1.Cl. The molecule has 0 spiro atoms. The van der Waals surface area contributed by atoms with Crippen LogP contribution in [0.4, 0.5) is 5.69 Å². The molecule has 0 unspecified atom stereocenters. The van der Waals surface area contributed by atoms with Crippen molar-refractivity contribution in [2.24, 2.45) is 5.73 Å². The zero-order valence-corrected chi connectivity index (χ0v) is 11.5. The summed E-state index contributed by atoms with van der Waals surface area (Å²) in [7, 11) is 0. The van der Waals surface area contributed by atoms with Gasteiger partial charge in [0.2, 0.25) is 5.91 Å². The van der Waals surface area contributed by atoms with Crippen LogP contribution in [0.3, 0.4) is 0 Å². The fraction of sp³-hybridized carbons (Fsp3) is 0.385. The topological polar surface area (TPSA) is 84.2 Å². The molecule has 0 aromatic heterocycles. The summed E-state index contributed by atoms with van der Waals surface area (Å²) in [6.07, 6.45) is 2.13. The van der Waals surface area contributed by atoms with Gasteiger partial charge in [-0.3, -0.25) is 9.59 Å². The summed E-state index contributed by atoms with van der Waals surface area (Å²) in [5.41, 5.74) is 6.68. The van der Waals surface area contributed by atoms with Crippen LogP contribution >= 0.6 is 12.4 Å². The van der Waals surface area contributed by atoms with Gasteiger partial charge in [0.1, 0.15) is 0 Å². The molecule has 0 radical (unpaired) electrons. The first-order valence-electron chi connectivity index (χ1n) is 6.03. The predicted molar refractivity (Wildman–Crippen MR) is 76.5 cm³/mol. The Balaban J connectivity index is 0.00000180. The zero-order chi connectivity index (χ0) is 13.1. The smallest absolute Gasteiger partial charge is 0.251 e. The molecule has 4 N–H and O–H groups in total. The molecule has 1 aliphatic carbocycles. The van der Waals surface area contributed by atoms with Gasteiger partial charge in [-0.1, -0.05) is 0 Å². The maximum atomic E-state index is 11.7. The van der Waals surface area contributed by atoms with Crippen LogP contribution in [-0.2, 0) is 4.79 Å². The lowest BCUT2D eigenvalue weighted by molar-refractivity contribution is -0.117. The number of halogens is 1. The summed E-state index contributed by atoms with van der Waals surface area (Å²) < 4.78 is 0. The molecule has 1 aromatic carbocycles. The molecule has 104 valence electrons. The zero-order valence-electron chi connectivity index (χ0n) is 10.7. The van der Waals surface area contributed by atoms with Crippen LogP contribution in [0.15, 0.2) is 24.3 Å². The normalized spacial score (nSPS) is 15.1. The highest BCUT2D eigenvalue weighted by Crippen LogP contribution is 2.19. The number of anilines is 1. The monoisotopic (exact) mass is 283 g/mol. The number of benzene rings is 1. The molecule has 5 nitrogen and oxygen atoms in total. The number of hydrogen-bond acceptors (Lipinski definition) is 3. The third-order valence-corrected chi connectivity index (χ3v) is 2.74. The maximum Gasteiger partial charge on any atom is 0.251 e. The summed E-state index contributed by atoms with van der Waals surface area (Å²) >= 11 is 0. The third kappa shape index (κ3) is 4.54. The van der Waals surface area contributed by atoms with Gasteiger partial charge < -0.3 is 16.4 Å². The van der Waals surface area contributed by atoms with E-state index >= 15 is 0 Å². The average Bonchev–Trinajstić information content (AvgIpc) is 3.13. The van der Waals surface area contributed by atoms with Gasteiger partial charge >= 0.3 is 0 Å². The van der Waals surface area contributed by atoms with Gasteiger partial charge in [-0.2, -0.15) is 0 Å².